The van der Waals surface area contributed by atoms with E-state index in [-0.39, 0.29) is 29.2 Å². The van der Waals surface area contributed by atoms with Gasteiger partial charge >= 0.3 is 0 Å². The minimum atomic E-state index is -2.95. The molecule has 6 rings (SSSR count). The van der Waals surface area contributed by atoms with Gasteiger partial charge in [0.05, 0.1) is 29.0 Å². The highest BCUT2D eigenvalue weighted by Gasteiger charge is 2.47. The normalized spacial score (nSPS) is 23.2. The largest absolute Gasteiger partial charge is 0.369 e. The second-order valence-electron chi connectivity index (χ2n) is 11.2. The van der Waals surface area contributed by atoms with Crippen LogP contribution in [0.15, 0.2) is 54.7 Å². The van der Waals surface area contributed by atoms with E-state index in [1.807, 2.05) is 59.4 Å². The van der Waals surface area contributed by atoms with Crippen molar-refractivity contribution in [2.24, 2.45) is 5.92 Å². The van der Waals surface area contributed by atoms with Crippen molar-refractivity contribution in [2.45, 2.75) is 50.0 Å². The van der Waals surface area contributed by atoms with E-state index in [0.717, 1.165) is 53.9 Å². The standard InChI is InChI=1S/C30H32ClN5O3S/c31-22-4-3-5-24(18-22)36-19-27(21-8-10-23(11-9-21)35-14-16-40(38,39)17-15-35)28(34-36)25-6-1-2-7-26(25)29(37)33-30(20-32)12-13-30/h3-5,8-11,18-19,25-26H,1-2,6-7,12-17H2,(H,33,37). The molecule has 3 fully saturated rings. The summed E-state index contributed by atoms with van der Waals surface area (Å²) in [6, 6.07) is 18.0. The maximum Gasteiger partial charge on any atom is 0.225 e. The second kappa shape index (κ2) is 10.6. The van der Waals surface area contributed by atoms with Crippen molar-refractivity contribution in [3.05, 3.63) is 65.4 Å². The molecule has 1 aromatic heterocycles. The van der Waals surface area contributed by atoms with Crippen LogP contribution in [0.1, 0.15) is 50.1 Å². The number of benzene rings is 2. The Morgan fingerprint density at radius 2 is 1.77 bits per heavy atom. The van der Waals surface area contributed by atoms with Crippen LogP contribution in [0.5, 0.6) is 0 Å². The van der Waals surface area contributed by atoms with E-state index in [4.69, 9.17) is 16.7 Å². The average Bonchev–Trinajstić information content (AvgIpc) is 3.59. The number of hydrogen-bond acceptors (Lipinski definition) is 6. The molecule has 3 aromatic rings. The van der Waals surface area contributed by atoms with Crippen LogP contribution >= 0.6 is 11.6 Å². The molecule has 2 aromatic carbocycles. The maximum absolute atomic E-state index is 13.5. The average molecular weight is 578 g/mol. The van der Waals surface area contributed by atoms with Crippen LogP contribution in [0, 0.1) is 17.2 Å². The summed E-state index contributed by atoms with van der Waals surface area (Å²) in [4.78, 5) is 15.6. The van der Waals surface area contributed by atoms with Crippen LogP contribution in [0.4, 0.5) is 5.69 Å². The van der Waals surface area contributed by atoms with E-state index in [9.17, 15) is 18.5 Å². The number of rotatable bonds is 6. The minimum Gasteiger partial charge on any atom is -0.369 e. The lowest BCUT2D eigenvalue weighted by Gasteiger charge is -2.31. The van der Waals surface area contributed by atoms with E-state index >= 15 is 0 Å². The molecule has 208 valence electrons. The van der Waals surface area contributed by atoms with Crippen molar-refractivity contribution < 1.29 is 13.2 Å². The zero-order valence-corrected chi connectivity index (χ0v) is 23.8. The van der Waals surface area contributed by atoms with E-state index in [0.29, 0.717) is 31.0 Å². The van der Waals surface area contributed by atoms with Gasteiger partial charge in [0.1, 0.15) is 5.54 Å². The quantitative estimate of drug-likeness (QED) is 0.448. The lowest BCUT2D eigenvalue weighted by Crippen LogP contribution is -2.42. The number of nitrogens with one attached hydrogen (secondary N) is 1. The zero-order chi connectivity index (χ0) is 27.9. The molecule has 40 heavy (non-hydrogen) atoms. The van der Waals surface area contributed by atoms with Gasteiger partial charge in [0, 0.05) is 47.4 Å². The molecule has 0 radical (unpaired) electrons. The molecule has 0 bridgehead atoms. The number of anilines is 1. The number of halogens is 1. The summed E-state index contributed by atoms with van der Waals surface area (Å²) < 4.78 is 25.6. The van der Waals surface area contributed by atoms with Crippen LogP contribution < -0.4 is 10.2 Å². The van der Waals surface area contributed by atoms with Gasteiger partial charge in [-0.2, -0.15) is 10.4 Å². The van der Waals surface area contributed by atoms with Crippen molar-refractivity contribution in [3.63, 3.8) is 0 Å². The Kier molecular flexibility index (Phi) is 7.09. The maximum atomic E-state index is 13.5. The van der Waals surface area contributed by atoms with Crippen LogP contribution in [0.25, 0.3) is 16.8 Å². The predicted molar refractivity (Wildman–Crippen MR) is 155 cm³/mol. The highest BCUT2D eigenvalue weighted by Crippen LogP contribution is 2.43. The van der Waals surface area contributed by atoms with Gasteiger partial charge in [-0.25, -0.2) is 13.1 Å². The number of hydrogen-bond donors (Lipinski definition) is 1. The molecule has 0 spiro atoms. The fraction of sp³-hybridized carbons (Fsp3) is 0.433. The molecule has 8 nitrogen and oxygen atoms in total. The molecular formula is C30H32ClN5O3S. The number of amides is 1. The highest BCUT2D eigenvalue weighted by atomic mass is 35.5. The van der Waals surface area contributed by atoms with Crippen LogP contribution in [0.2, 0.25) is 5.02 Å². The molecule has 1 N–H and O–H groups in total. The summed E-state index contributed by atoms with van der Waals surface area (Å²) in [6.07, 6.45) is 7.00. The smallest absolute Gasteiger partial charge is 0.225 e. The molecule has 10 heteroatoms. The molecule has 2 aliphatic carbocycles. The molecule has 2 unspecified atom stereocenters. The van der Waals surface area contributed by atoms with Crippen molar-refractivity contribution in [1.82, 2.24) is 15.1 Å². The van der Waals surface area contributed by atoms with Gasteiger partial charge in [-0.05, 0) is 61.6 Å². The van der Waals surface area contributed by atoms with Gasteiger partial charge in [-0.1, -0.05) is 42.6 Å². The summed E-state index contributed by atoms with van der Waals surface area (Å²) in [6.45, 7) is 0.978. The Hall–Kier alpha value is -3.35. The van der Waals surface area contributed by atoms with Crippen molar-refractivity contribution in [3.8, 4) is 22.9 Å². The number of carbonyl (C=O) groups is 1. The van der Waals surface area contributed by atoms with E-state index in [1.165, 1.54) is 0 Å². The number of nitrogens with zero attached hydrogens (tertiary/aromatic N) is 4. The summed E-state index contributed by atoms with van der Waals surface area (Å²) in [7, 11) is -2.95. The first-order valence-corrected chi connectivity index (χ1v) is 16.1. The number of sulfone groups is 1. The first kappa shape index (κ1) is 26.9. The summed E-state index contributed by atoms with van der Waals surface area (Å²) in [5, 5.41) is 18.3. The van der Waals surface area contributed by atoms with Crippen LogP contribution in [-0.4, -0.2) is 54.2 Å². The van der Waals surface area contributed by atoms with Gasteiger partial charge in [0.15, 0.2) is 9.84 Å². The van der Waals surface area contributed by atoms with Crippen LogP contribution in [0.3, 0.4) is 0 Å². The third kappa shape index (κ3) is 5.48. The SMILES string of the molecule is N#CC1(NC(=O)C2CCCCC2c2nn(-c3cccc(Cl)c3)cc2-c2ccc(N3CCS(=O)(=O)CC3)cc2)CC1. The Morgan fingerprint density at radius 3 is 2.45 bits per heavy atom. The van der Waals surface area contributed by atoms with E-state index in [2.05, 4.69) is 16.3 Å². The van der Waals surface area contributed by atoms with Crippen LogP contribution in [-0.2, 0) is 14.6 Å². The summed E-state index contributed by atoms with van der Waals surface area (Å²) in [5.41, 5.74) is 3.94. The molecular weight excluding hydrogens is 546 g/mol. The lowest BCUT2D eigenvalue weighted by molar-refractivity contribution is -0.127. The van der Waals surface area contributed by atoms with Crippen molar-refractivity contribution >= 4 is 33.0 Å². The molecule has 1 saturated heterocycles. The number of nitriles is 1. The first-order chi connectivity index (χ1) is 19.3. The summed E-state index contributed by atoms with van der Waals surface area (Å²) in [5.74, 6) is -0.0452. The van der Waals surface area contributed by atoms with Gasteiger partial charge in [-0.3, -0.25) is 4.79 Å². The molecule has 2 saturated carbocycles. The van der Waals surface area contributed by atoms with Gasteiger partial charge in [0.2, 0.25) is 5.91 Å². The second-order valence-corrected chi connectivity index (χ2v) is 14.0. The van der Waals surface area contributed by atoms with Gasteiger partial charge in [0.25, 0.3) is 0 Å². The fourth-order valence-corrected chi connectivity index (χ4v) is 7.33. The molecule has 1 amide bonds. The van der Waals surface area contributed by atoms with Crippen molar-refractivity contribution in [2.75, 3.05) is 29.5 Å². The van der Waals surface area contributed by atoms with Gasteiger partial charge < -0.3 is 10.2 Å². The lowest BCUT2D eigenvalue weighted by atomic mass is 9.75. The Morgan fingerprint density at radius 1 is 1.05 bits per heavy atom. The van der Waals surface area contributed by atoms with E-state index < -0.39 is 15.4 Å². The highest BCUT2D eigenvalue weighted by molar-refractivity contribution is 7.91. The Balaban J connectivity index is 1.35. The molecule has 2 atom stereocenters. The predicted octanol–water partition coefficient (Wildman–Crippen LogP) is 4.87. The fourth-order valence-electron chi connectivity index (χ4n) is 5.95. The molecule has 3 aliphatic rings. The monoisotopic (exact) mass is 577 g/mol. The molecule has 2 heterocycles. The van der Waals surface area contributed by atoms with Gasteiger partial charge in [-0.15, -0.1) is 0 Å². The zero-order valence-electron chi connectivity index (χ0n) is 22.2. The third-order valence-corrected chi connectivity index (χ3v) is 10.3. The van der Waals surface area contributed by atoms with E-state index in [1.54, 1.807) is 0 Å². The number of carbonyl (C=O) groups excluding carboxylic acids is 1. The summed E-state index contributed by atoms with van der Waals surface area (Å²) >= 11 is 6.30. The van der Waals surface area contributed by atoms with Crippen molar-refractivity contribution in [1.29, 1.82) is 5.26 Å². The first-order valence-electron chi connectivity index (χ1n) is 13.9. The Bertz CT molecular complexity index is 1560. The minimum absolute atomic E-state index is 0.0533. The number of aromatic nitrogens is 2. The Labute approximate surface area is 239 Å². The molecule has 1 aliphatic heterocycles. The third-order valence-electron chi connectivity index (χ3n) is 8.48. The topological polar surface area (TPSA) is 108 Å².